The molecule has 1 heterocycles. The molecule has 0 saturated carbocycles. The second kappa shape index (κ2) is 5.97. The highest BCUT2D eigenvalue weighted by atomic mass is 16.3. The summed E-state index contributed by atoms with van der Waals surface area (Å²) < 4.78 is 1.71. The normalized spacial score (nSPS) is 10.3. The third-order valence-electron chi connectivity index (χ3n) is 2.59. The number of carbonyl (C=O) groups excluding carboxylic acids is 1. The maximum Gasteiger partial charge on any atom is 0.226 e. The fourth-order valence-electron chi connectivity index (χ4n) is 1.64. The maximum atomic E-state index is 11.7. The van der Waals surface area contributed by atoms with Gasteiger partial charge in [0.15, 0.2) is 0 Å². The molecule has 0 aliphatic carbocycles. The number of benzene rings is 1. The smallest absolute Gasteiger partial charge is 0.226 e. The molecule has 1 amide bonds. The van der Waals surface area contributed by atoms with E-state index in [-0.39, 0.29) is 12.5 Å². The second-order valence-corrected chi connectivity index (χ2v) is 3.88. The van der Waals surface area contributed by atoms with E-state index in [0.717, 1.165) is 0 Å². The molecular weight excluding hydrogens is 230 g/mol. The van der Waals surface area contributed by atoms with Crippen LogP contribution in [0.3, 0.4) is 0 Å². The molecule has 1 aromatic carbocycles. The molecule has 94 valence electrons. The van der Waals surface area contributed by atoms with Crippen molar-refractivity contribution >= 4 is 11.6 Å². The van der Waals surface area contributed by atoms with Gasteiger partial charge in [0.25, 0.3) is 0 Å². The van der Waals surface area contributed by atoms with Gasteiger partial charge >= 0.3 is 0 Å². The quantitative estimate of drug-likeness (QED) is 0.836. The number of aryl methyl sites for hydroxylation is 1. The Morgan fingerprint density at radius 1 is 1.33 bits per heavy atom. The first kappa shape index (κ1) is 12.3. The van der Waals surface area contributed by atoms with Gasteiger partial charge < -0.3 is 10.4 Å². The molecule has 2 N–H and O–H groups in total. The first-order valence-corrected chi connectivity index (χ1v) is 5.75. The van der Waals surface area contributed by atoms with Gasteiger partial charge in [-0.1, -0.05) is 18.2 Å². The molecule has 0 bridgehead atoms. The van der Waals surface area contributed by atoms with Gasteiger partial charge in [0.05, 0.1) is 6.61 Å². The monoisotopic (exact) mass is 245 g/mol. The van der Waals surface area contributed by atoms with Crippen molar-refractivity contribution in [3.63, 3.8) is 0 Å². The molecule has 2 aromatic rings. The molecule has 0 spiro atoms. The van der Waals surface area contributed by atoms with Gasteiger partial charge in [-0.05, 0) is 12.1 Å². The number of rotatable bonds is 5. The van der Waals surface area contributed by atoms with Crippen molar-refractivity contribution in [2.75, 3.05) is 5.32 Å². The highest BCUT2D eigenvalue weighted by molar-refractivity contribution is 5.91. The fraction of sp³-hybridized carbons (Fsp3) is 0.231. The molecular formula is C13H15N3O2. The average molecular weight is 245 g/mol. The van der Waals surface area contributed by atoms with E-state index in [4.69, 9.17) is 5.11 Å². The number of para-hydroxylation sites is 1. The minimum Gasteiger partial charge on any atom is -0.392 e. The first-order chi connectivity index (χ1) is 8.79. The van der Waals surface area contributed by atoms with Gasteiger partial charge in [-0.3, -0.25) is 9.48 Å². The molecule has 0 radical (unpaired) electrons. The minimum absolute atomic E-state index is 0.0877. The second-order valence-electron chi connectivity index (χ2n) is 3.88. The zero-order valence-corrected chi connectivity index (χ0v) is 9.91. The van der Waals surface area contributed by atoms with E-state index in [1.807, 2.05) is 24.4 Å². The van der Waals surface area contributed by atoms with E-state index < -0.39 is 0 Å². The number of hydrogen-bond donors (Lipinski definition) is 2. The Labute approximate surface area is 105 Å². The standard InChI is InChI=1S/C13H15N3O2/c17-10-11-4-1-2-5-12(11)15-13(18)6-9-16-8-3-7-14-16/h1-5,7-8,17H,6,9-10H2,(H,15,18). The SMILES string of the molecule is O=C(CCn1cccn1)Nc1ccccc1CO. The third-order valence-corrected chi connectivity index (χ3v) is 2.59. The predicted octanol–water partition coefficient (Wildman–Crippen LogP) is 1.40. The molecule has 0 unspecified atom stereocenters. The van der Waals surface area contributed by atoms with E-state index in [1.54, 1.807) is 23.0 Å². The minimum atomic E-state index is -0.0913. The van der Waals surface area contributed by atoms with E-state index in [9.17, 15) is 4.79 Å². The summed E-state index contributed by atoms with van der Waals surface area (Å²) in [6.45, 7) is 0.454. The lowest BCUT2D eigenvalue weighted by atomic mass is 10.2. The number of amides is 1. The molecule has 0 atom stereocenters. The lowest BCUT2D eigenvalue weighted by molar-refractivity contribution is -0.116. The van der Waals surface area contributed by atoms with E-state index >= 15 is 0 Å². The van der Waals surface area contributed by atoms with Crippen LogP contribution >= 0.6 is 0 Å². The van der Waals surface area contributed by atoms with Crippen molar-refractivity contribution < 1.29 is 9.90 Å². The lowest BCUT2D eigenvalue weighted by Gasteiger charge is -2.09. The molecule has 0 aliphatic heterocycles. The zero-order valence-electron chi connectivity index (χ0n) is 9.91. The van der Waals surface area contributed by atoms with Gasteiger partial charge in [-0.2, -0.15) is 5.10 Å². The third kappa shape index (κ3) is 3.18. The lowest BCUT2D eigenvalue weighted by Crippen LogP contribution is -2.15. The van der Waals surface area contributed by atoms with Crippen LogP contribution in [0.25, 0.3) is 0 Å². The van der Waals surface area contributed by atoms with Crippen LogP contribution in [-0.4, -0.2) is 20.8 Å². The molecule has 5 heteroatoms. The van der Waals surface area contributed by atoms with Crippen molar-refractivity contribution in [2.45, 2.75) is 19.6 Å². The predicted molar refractivity (Wildman–Crippen MR) is 67.8 cm³/mol. The van der Waals surface area contributed by atoms with E-state index in [1.165, 1.54) is 0 Å². The molecule has 0 aliphatic rings. The number of carbonyl (C=O) groups is 1. The molecule has 2 rings (SSSR count). The Kier molecular flexibility index (Phi) is 4.09. The summed E-state index contributed by atoms with van der Waals surface area (Å²) in [5, 5.41) is 16.0. The van der Waals surface area contributed by atoms with Crippen LogP contribution in [0.2, 0.25) is 0 Å². The average Bonchev–Trinajstić information content (AvgIpc) is 2.90. The largest absolute Gasteiger partial charge is 0.392 e. The summed E-state index contributed by atoms with van der Waals surface area (Å²) in [5.74, 6) is -0.0913. The maximum absolute atomic E-state index is 11.7. The number of nitrogens with zero attached hydrogens (tertiary/aromatic N) is 2. The molecule has 0 fully saturated rings. The Hall–Kier alpha value is -2.14. The highest BCUT2D eigenvalue weighted by Crippen LogP contribution is 2.14. The Morgan fingerprint density at radius 3 is 2.89 bits per heavy atom. The first-order valence-electron chi connectivity index (χ1n) is 5.75. The van der Waals surface area contributed by atoms with Crippen LogP contribution < -0.4 is 5.32 Å². The Morgan fingerprint density at radius 2 is 2.17 bits per heavy atom. The molecule has 0 saturated heterocycles. The van der Waals surface area contributed by atoms with Crippen LogP contribution in [0.15, 0.2) is 42.7 Å². The zero-order chi connectivity index (χ0) is 12.8. The number of hydrogen-bond acceptors (Lipinski definition) is 3. The summed E-state index contributed by atoms with van der Waals surface area (Å²) in [7, 11) is 0. The number of aromatic nitrogens is 2. The summed E-state index contributed by atoms with van der Waals surface area (Å²) in [5.41, 5.74) is 1.37. The summed E-state index contributed by atoms with van der Waals surface area (Å²) in [6, 6.07) is 9.02. The molecule has 1 aromatic heterocycles. The van der Waals surface area contributed by atoms with Gasteiger partial charge in [0.1, 0.15) is 0 Å². The summed E-state index contributed by atoms with van der Waals surface area (Å²) in [4.78, 5) is 11.7. The van der Waals surface area contributed by atoms with Crippen molar-refractivity contribution in [3.8, 4) is 0 Å². The number of aliphatic hydroxyl groups excluding tert-OH is 1. The highest BCUT2D eigenvalue weighted by Gasteiger charge is 2.06. The molecule has 5 nitrogen and oxygen atoms in total. The molecule has 18 heavy (non-hydrogen) atoms. The van der Waals surface area contributed by atoms with Crippen molar-refractivity contribution in [1.29, 1.82) is 0 Å². The van der Waals surface area contributed by atoms with Gasteiger partial charge in [0, 0.05) is 36.6 Å². The van der Waals surface area contributed by atoms with E-state index in [2.05, 4.69) is 10.4 Å². The fourth-order valence-corrected chi connectivity index (χ4v) is 1.64. The Balaban J connectivity index is 1.90. The van der Waals surface area contributed by atoms with Crippen LogP contribution in [0.5, 0.6) is 0 Å². The van der Waals surface area contributed by atoms with Gasteiger partial charge in [-0.25, -0.2) is 0 Å². The number of nitrogens with one attached hydrogen (secondary N) is 1. The number of anilines is 1. The van der Waals surface area contributed by atoms with Gasteiger partial charge in [-0.15, -0.1) is 0 Å². The van der Waals surface area contributed by atoms with E-state index in [0.29, 0.717) is 24.2 Å². The summed E-state index contributed by atoms with van der Waals surface area (Å²) >= 11 is 0. The summed E-state index contributed by atoms with van der Waals surface area (Å²) in [6.07, 6.45) is 3.84. The van der Waals surface area contributed by atoms with Crippen molar-refractivity contribution in [3.05, 3.63) is 48.3 Å². The van der Waals surface area contributed by atoms with Crippen LogP contribution in [0.1, 0.15) is 12.0 Å². The van der Waals surface area contributed by atoms with Crippen LogP contribution in [-0.2, 0) is 17.9 Å². The number of aliphatic hydroxyl groups is 1. The van der Waals surface area contributed by atoms with Crippen LogP contribution in [0.4, 0.5) is 5.69 Å². The van der Waals surface area contributed by atoms with Crippen molar-refractivity contribution in [2.24, 2.45) is 0 Å². The van der Waals surface area contributed by atoms with Gasteiger partial charge in [0.2, 0.25) is 5.91 Å². The Bertz CT molecular complexity index is 509. The van der Waals surface area contributed by atoms with Crippen LogP contribution in [0, 0.1) is 0 Å². The topological polar surface area (TPSA) is 67.2 Å². The van der Waals surface area contributed by atoms with Crippen molar-refractivity contribution in [1.82, 2.24) is 9.78 Å².